The number of hydrogen-bond acceptors (Lipinski definition) is 3. The van der Waals surface area contributed by atoms with Crippen molar-refractivity contribution >= 4 is 17.4 Å². The van der Waals surface area contributed by atoms with E-state index >= 15 is 0 Å². The highest BCUT2D eigenvalue weighted by atomic mass is 16.2. The van der Waals surface area contributed by atoms with Crippen LogP contribution in [0.5, 0.6) is 0 Å². The summed E-state index contributed by atoms with van der Waals surface area (Å²) in [5.74, 6) is 0.176. The van der Waals surface area contributed by atoms with E-state index in [2.05, 4.69) is 5.32 Å². The minimum Gasteiger partial charge on any atom is -0.374 e. The molecule has 1 heterocycles. The van der Waals surface area contributed by atoms with Crippen molar-refractivity contribution in [1.29, 1.82) is 0 Å². The van der Waals surface area contributed by atoms with Gasteiger partial charge in [-0.3, -0.25) is 9.59 Å². The molecule has 0 saturated carbocycles. The van der Waals surface area contributed by atoms with Crippen LogP contribution in [0.25, 0.3) is 0 Å². The van der Waals surface area contributed by atoms with Crippen molar-refractivity contribution in [2.75, 3.05) is 18.4 Å². The van der Waals surface area contributed by atoms with E-state index < -0.39 is 0 Å². The molecular weight excluding hydrogens is 264 g/mol. The zero-order chi connectivity index (χ0) is 15.2. The Morgan fingerprint density at radius 2 is 1.81 bits per heavy atom. The van der Waals surface area contributed by atoms with E-state index in [4.69, 9.17) is 0 Å². The van der Waals surface area contributed by atoms with E-state index in [1.54, 1.807) is 19.1 Å². The number of amides is 1. The molecule has 2 rings (SSSR count). The van der Waals surface area contributed by atoms with Gasteiger partial charge in [0, 0.05) is 24.3 Å². The Balaban J connectivity index is 1.99. The summed E-state index contributed by atoms with van der Waals surface area (Å²) >= 11 is 0. The summed E-state index contributed by atoms with van der Waals surface area (Å²) in [6, 6.07) is 7.04. The third-order valence-corrected chi connectivity index (χ3v) is 3.94. The SMILES string of the molecule is CC(=O)c1cccc(N[C@H](C)C(=O)N2CCCCCC2)c1. The number of Topliss-reactive ketones (excluding diaryl/α,β-unsaturated/α-hetero) is 1. The minimum atomic E-state index is -0.273. The van der Waals surface area contributed by atoms with Gasteiger partial charge >= 0.3 is 0 Å². The number of nitrogens with one attached hydrogen (secondary N) is 1. The molecule has 114 valence electrons. The standard InChI is InChI=1S/C17H24N2O2/c1-13(17(21)19-10-5-3-4-6-11-19)18-16-9-7-8-15(12-16)14(2)20/h7-9,12-13,18H,3-6,10-11H2,1-2H3/t13-/m1/s1. The fourth-order valence-corrected chi connectivity index (χ4v) is 2.70. The Hall–Kier alpha value is -1.84. The summed E-state index contributed by atoms with van der Waals surface area (Å²) < 4.78 is 0. The van der Waals surface area contributed by atoms with Crippen LogP contribution < -0.4 is 5.32 Å². The molecule has 1 aromatic carbocycles. The zero-order valence-corrected chi connectivity index (χ0v) is 12.9. The van der Waals surface area contributed by atoms with Gasteiger partial charge in [0.15, 0.2) is 5.78 Å². The number of rotatable bonds is 4. The van der Waals surface area contributed by atoms with Crippen LogP contribution >= 0.6 is 0 Å². The molecule has 1 saturated heterocycles. The molecule has 1 aliphatic rings. The van der Waals surface area contributed by atoms with E-state index in [1.807, 2.05) is 24.0 Å². The Morgan fingerprint density at radius 3 is 2.43 bits per heavy atom. The van der Waals surface area contributed by atoms with Crippen LogP contribution in [-0.4, -0.2) is 35.7 Å². The fraction of sp³-hybridized carbons (Fsp3) is 0.529. The molecule has 1 fully saturated rings. The number of nitrogens with zero attached hydrogens (tertiary/aromatic N) is 1. The summed E-state index contributed by atoms with van der Waals surface area (Å²) in [4.78, 5) is 25.8. The molecule has 0 aliphatic carbocycles. The molecule has 0 bridgehead atoms. The molecule has 0 radical (unpaired) electrons. The summed E-state index contributed by atoms with van der Waals surface area (Å²) in [5, 5.41) is 3.21. The zero-order valence-electron chi connectivity index (χ0n) is 12.9. The topological polar surface area (TPSA) is 49.4 Å². The van der Waals surface area contributed by atoms with Crippen LogP contribution in [0.1, 0.15) is 49.9 Å². The first-order chi connectivity index (χ1) is 10.1. The van der Waals surface area contributed by atoms with Gasteiger partial charge in [0.05, 0.1) is 0 Å². The molecular formula is C17H24N2O2. The second-order valence-corrected chi connectivity index (χ2v) is 5.74. The maximum Gasteiger partial charge on any atom is 0.244 e. The predicted molar refractivity (Wildman–Crippen MR) is 84.6 cm³/mol. The number of carbonyl (C=O) groups excluding carboxylic acids is 2. The fourth-order valence-electron chi connectivity index (χ4n) is 2.70. The van der Waals surface area contributed by atoms with Gasteiger partial charge in [-0.25, -0.2) is 0 Å². The lowest BCUT2D eigenvalue weighted by Gasteiger charge is -2.25. The first-order valence-corrected chi connectivity index (χ1v) is 7.74. The van der Waals surface area contributed by atoms with Crippen molar-refractivity contribution in [2.24, 2.45) is 0 Å². The third kappa shape index (κ3) is 4.31. The van der Waals surface area contributed by atoms with Crippen LogP contribution in [-0.2, 0) is 4.79 Å². The van der Waals surface area contributed by atoms with Gasteiger partial charge in [0.2, 0.25) is 5.91 Å². The molecule has 0 unspecified atom stereocenters. The summed E-state index contributed by atoms with van der Waals surface area (Å²) in [7, 11) is 0. The molecule has 4 heteroatoms. The van der Waals surface area contributed by atoms with Crippen molar-refractivity contribution in [2.45, 2.75) is 45.6 Å². The van der Waals surface area contributed by atoms with Gasteiger partial charge in [-0.05, 0) is 38.8 Å². The van der Waals surface area contributed by atoms with Crippen LogP contribution in [0.15, 0.2) is 24.3 Å². The van der Waals surface area contributed by atoms with E-state index in [9.17, 15) is 9.59 Å². The smallest absolute Gasteiger partial charge is 0.244 e. The van der Waals surface area contributed by atoms with Crippen molar-refractivity contribution in [1.82, 2.24) is 4.90 Å². The second kappa shape index (κ2) is 7.25. The van der Waals surface area contributed by atoms with Gasteiger partial charge in [0.1, 0.15) is 6.04 Å². The van der Waals surface area contributed by atoms with E-state index in [1.165, 1.54) is 12.8 Å². The number of carbonyl (C=O) groups is 2. The molecule has 1 amide bonds. The monoisotopic (exact) mass is 288 g/mol. The predicted octanol–water partition coefficient (Wildman–Crippen LogP) is 3.09. The average molecular weight is 288 g/mol. The largest absolute Gasteiger partial charge is 0.374 e. The van der Waals surface area contributed by atoms with Crippen LogP contribution in [0.4, 0.5) is 5.69 Å². The van der Waals surface area contributed by atoms with E-state index in [0.717, 1.165) is 31.6 Å². The first-order valence-electron chi connectivity index (χ1n) is 7.74. The highest BCUT2D eigenvalue weighted by Gasteiger charge is 2.21. The Bertz CT molecular complexity index is 505. The van der Waals surface area contributed by atoms with Gasteiger partial charge < -0.3 is 10.2 Å². The third-order valence-electron chi connectivity index (χ3n) is 3.94. The Labute approximate surface area is 126 Å². The molecule has 0 aromatic heterocycles. The number of hydrogen-bond donors (Lipinski definition) is 1. The Kier molecular flexibility index (Phi) is 5.37. The molecule has 4 nitrogen and oxygen atoms in total. The van der Waals surface area contributed by atoms with E-state index in [0.29, 0.717) is 5.56 Å². The van der Waals surface area contributed by atoms with Crippen molar-refractivity contribution in [3.63, 3.8) is 0 Å². The van der Waals surface area contributed by atoms with Gasteiger partial charge in [-0.1, -0.05) is 25.0 Å². The summed E-state index contributed by atoms with van der Waals surface area (Å²) in [6.07, 6.45) is 4.62. The van der Waals surface area contributed by atoms with Crippen molar-refractivity contribution < 1.29 is 9.59 Å². The lowest BCUT2D eigenvalue weighted by atomic mass is 10.1. The molecule has 21 heavy (non-hydrogen) atoms. The molecule has 0 spiro atoms. The molecule has 1 atom stereocenters. The highest BCUT2D eigenvalue weighted by molar-refractivity contribution is 5.95. The maximum absolute atomic E-state index is 12.5. The number of benzene rings is 1. The second-order valence-electron chi connectivity index (χ2n) is 5.74. The van der Waals surface area contributed by atoms with Crippen LogP contribution in [0, 0.1) is 0 Å². The van der Waals surface area contributed by atoms with Gasteiger partial charge in [0.25, 0.3) is 0 Å². The van der Waals surface area contributed by atoms with Gasteiger partial charge in [-0.15, -0.1) is 0 Å². The number of ketones is 1. The van der Waals surface area contributed by atoms with E-state index in [-0.39, 0.29) is 17.7 Å². The van der Waals surface area contributed by atoms with Crippen molar-refractivity contribution in [3.8, 4) is 0 Å². The van der Waals surface area contributed by atoms with Crippen LogP contribution in [0.3, 0.4) is 0 Å². The van der Waals surface area contributed by atoms with Crippen molar-refractivity contribution in [3.05, 3.63) is 29.8 Å². The number of anilines is 1. The lowest BCUT2D eigenvalue weighted by molar-refractivity contribution is -0.131. The maximum atomic E-state index is 12.5. The lowest BCUT2D eigenvalue weighted by Crippen LogP contribution is -2.41. The number of likely N-dealkylation sites (tertiary alicyclic amines) is 1. The summed E-state index contributed by atoms with van der Waals surface area (Å²) in [6.45, 7) is 5.15. The quantitative estimate of drug-likeness (QED) is 0.866. The molecule has 1 N–H and O–H groups in total. The van der Waals surface area contributed by atoms with Gasteiger partial charge in [-0.2, -0.15) is 0 Å². The highest BCUT2D eigenvalue weighted by Crippen LogP contribution is 2.15. The minimum absolute atomic E-state index is 0.0325. The normalized spacial score (nSPS) is 17.0. The van der Waals surface area contributed by atoms with Crippen LogP contribution in [0.2, 0.25) is 0 Å². The molecule has 1 aromatic rings. The Morgan fingerprint density at radius 1 is 1.14 bits per heavy atom. The first kappa shape index (κ1) is 15.5. The average Bonchev–Trinajstić information content (AvgIpc) is 2.75. The summed E-state index contributed by atoms with van der Waals surface area (Å²) in [5.41, 5.74) is 1.48. The molecule has 1 aliphatic heterocycles.